The van der Waals surface area contributed by atoms with Crippen LogP contribution in [0.2, 0.25) is 5.02 Å². The zero-order chi connectivity index (χ0) is 27.0. The van der Waals surface area contributed by atoms with Crippen molar-refractivity contribution in [1.29, 1.82) is 0 Å². The van der Waals surface area contributed by atoms with Gasteiger partial charge in [0.15, 0.2) is 6.29 Å². The van der Waals surface area contributed by atoms with Crippen LogP contribution >= 0.6 is 11.6 Å². The number of carbonyl (C=O) groups excluding carboxylic acids is 1. The Morgan fingerprint density at radius 1 is 0.949 bits per heavy atom. The molecule has 0 saturated heterocycles. The molecule has 3 nitrogen and oxygen atoms in total. The molecule has 2 saturated carbocycles. The van der Waals surface area contributed by atoms with Crippen molar-refractivity contribution in [1.82, 2.24) is 4.98 Å². The predicted octanol–water partition coefficient (Wildman–Crippen LogP) is 8.90. The van der Waals surface area contributed by atoms with Crippen LogP contribution in [0.1, 0.15) is 58.4 Å². The molecule has 3 aromatic carbocycles. The first-order valence-corrected chi connectivity index (χ1v) is 13.9. The van der Waals surface area contributed by atoms with E-state index in [1.54, 1.807) is 0 Å². The van der Waals surface area contributed by atoms with Crippen molar-refractivity contribution in [3.8, 4) is 0 Å². The molecule has 2 fully saturated rings. The predicted molar refractivity (Wildman–Crippen MR) is 162 cm³/mol. The largest absolute Gasteiger partial charge is 0.340 e. The summed E-state index contributed by atoms with van der Waals surface area (Å²) in [6.07, 6.45) is 7.46. The van der Waals surface area contributed by atoms with Gasteiger partial charge < -0.3 is 4.90 Å². The molecule has 1 heterocycles. The topological polar surface area (TPSA) is 33.2 Å². The van der Waals surface area contributed by atoms with Gasteiger partial charge in [0, 0.05) is 33.8 Å². The van der Waals surface area contributed by atoms with E-state index in [1.165, 1.54) is 18.4 Å². The summed E-state index contributed by atoms with van der Waals surface area (Å²) in [4.78, 5) is 19.3. The molecule has 0 amide bonds. The summed E-state index contributed by atoms with van der Waals surface area (Å²) >= 11 is 6.13. The smallest absolute Gasteiger partial charge is 0.150 e. The number of benzene rings is 3. The van der Waals surface area contributed by atoms with Gasteiger partial charge in [0.05, 0.1) is 17.6 Å². The summed E-state index contributed by atoms with van der Waals surface area (Å²) in [5, 5.41) is 0.728. The maximum atomic E-state index is 12.2. The van der Waals surface area contributed by atoms with Crippen molar-refractivity contribution in [2.45, 2.75) is 31.1 Å². The van der Waals surface area contributed by atoms with Crippen LogP contribution in [0.4, 0.5) is 11.4 Å². The second-order valence-electron chi connectivity index (χ2n) is 10.8. The summed E-state index contributed by atoms with van der Waals surface area (Å²) in [6, 6.07) is 28.5. The van der Waals surface area contributed by atoms with Crippen LogP contribution in [0.25, 0.3) is 11.1 Å². The molecule has 0 radical (unpaired) electrons. The third-order valence-electron chi connectivity index (χ3n) is 8.15. The van der Waals surface area contributed by atoms with E-state index in [1.807, 2.05) is 48.7 Å². The number of aldehydes is 1. The number of anilines is 2. The number of carbonyl (C=O) groups is 1. The van der Waals surface area contributed by atoms with Gasteiger partial charge in [-0.2, -0.15) is 0 Å². The summed E-state index contributed by atoms with van der Waals surface area (Å²) in [7, 11) is 0. The molecule has 0 unspecified atom stereocenters. The van der Waals surface area contributed by atoms with Crippen LogP contribution in [0.5, 0.6) is 0 Å². The summed E-state index contributed by atoms with van der Waals surface area (Å²) in [6.45, 7) is 9.74. The van der Waals surface area contributed by atoms with Gasteiger partial charge in [0.2, 0.25) is 0 Å². The van der Waals surface area contributed by atoms with E-state index in [0.29, 0.717) is 11.5 Å². The minimum Gasteiger partial charge on any atom is -0.340 e. The third-order valence-corrected chi connectivity index (χ3v) is 8.40. The highest BCUT2D eigenvalue weighted by Crippen LogP contribution is 2.56. The first kappa shape index (κ1) is 25.3. The number of hydrogen-bond acceptors (Lipinski definition) is 3. The van der Waals surface area contributed by atoms with E-state index >= 15 is 0 Å². The van der Waals surface area contributed by atoms with E-state index < -0.39 is 0 Å². The van der Waals surface area contributed by atoms with E-state index in [0.717, 1.165) is 70.0 Å². The zero-order valence-corrected chi connectivity index (χ0v) is 22.7. The number of nitrogens with zero attached hydrogens (tertiary/aromatic N) is 2. The van der Waals surface area contributed by atoms with E-state index in [2.05, 4.69) is 60.5 Å². The molecular formula is C35H31ClN2O. The van der Waals surface area contributed by atoms with Gasteiger partial charge in [0.25, 0.3) is 0 Å². The Labute approximate surface area is 235 Å². The molecule has 6 rings (SSSR count). The van der Waals surface area contributed by atoms with Crippen LogP contribution < -0.4 is 4.90 Å². The molecule has 0 atom stereocenters. The van der Waals surface area contributed by atoms with Crippen molar-refractivity contribution in [3.63, 3.8) is 0 Å². The van der Waals surface area contributed by atoms with Gasteiger partial charge in [-0.1, -0.05) is 67.2 Å². The van der Waals surface area contributed by atoms with E-state index in [-0.39, 0.29) is 5.41 Å². The van der Waals surface area contributed by atoms with Crippen LogP contribution in [-0.4, -0.2) is 17.8 Å². The van der Waals surface area contributed by atoms with Crippen molar-refractivity contribution in [2.75, 3.05) is 11.4 Å². The van der Waals surface area contributed by atoms with Crippen molar-refractivity contribution in [2.24, 2.45) is 5.92 Å². The Kier molecular flexibility index (Phi) is 6.70. The molecule has 2 aliphatic carbocycles. The molecule has 0 aliphatic heterocycles. The maximum Gasteiger partial charge on any atom is 0.150 e. The van der Waals surface area contributed by atoms with Crippen LogP contribution in [-0.2, 0) is 5.41 Å². The van der Waals surface area contributed by atoms with Gasteiger partial charge >= 0.3 is 0 Å². The van der Waals surface area contributed by atoms with Crippen molar-refractivity contribution < 1.29 is 4.79 Å². The number of hydrogen-bond donors (Lipinski definition) is 0. The SMILES string of the molecule is C=C(c1ccc(C(=C)C2(c3ccccc3)CC2)c(C=O)c1)c1ccc(N(CC2CC2)c2ccc(Cl)cc2)cn1. The minimum atomic E-state index is -0.0780. The number of allylic oxidation sites excluding steroid dienone is 1. The first-order valence-electron chi connectivity index (χ1n) is 13.5. The molecule has 1 aromatic heterocycles. The lowest BCUT2D eigenvalue weighted by Crippen LogP contribution is -2.20. The average molecular weight is 531 g/mol. The molecular weight excluding hydrogens is 500 g/mol. The lowest BCUT2D eigenvalue weighted by Gasteiger charge is -2.25. The lowest BCUT2D eigenvalue weighted by molar-refractivity contribution is 0.112. The second-order valence-corrected chi connectivity index (χ2v) is 11.2. The minimum absolute atomic E-state index is 0.0780. The molecule has 194 valence electrons. The molecule has 2 aliphatic rings. The highest BCUT2D eigenvalue weighted by atomic mass is 35.5. The number of rotatable bonds is 10. The average Bonchev–Trinajstić information content (AvgIpc) is 3.92. The number of aromatic nitrogens is 1. The fourth-order valence-corrected chi connectivity index (χ4v) is 5.57. The van der Waals surface area contributed by atoms with Gasteiger partial charge in [-0.25, -0.2) is 0 Å². The summed E-state index contributed by atoms with van der Waals surface area (Å²) < 4.78 is 0. The highest BCUT2D eigenvalue weighted by Gasteiger charge is 2.47. The van der Waals surface area contributed by atoms with Crippen LogP contribution in [0.15, 0.2) is 104 Å². The lowest BCUT2D eigenvalue weighted by atomic mass is 9.82. The fraction of sp³-hybridized carbons (Fsp3) is 0.200. The summed E-state index contributed by atoms with van der Waals surface area (Å²) in [5.74, 6) is 0.710. The van der Waals surface area contributed by atoms with E-state index in [9.17, 15) is 4.79 Å². The molecule has 0 N–H and O–H groups in total. The molecule has 39 heavy (non-hydrogen) atoms. The monoisotopic (exact) mass is 530 g/mol. The van der Waals surface area contributed by atoms with Crippen molar-refractivity contribution >= 4 is 40.4 Å². The molecule has 4 heteroatoms. The first-order chi connectivity index (χ1) is 19.0. The van der Waals surface area contributed by atoms with Gasteiger partial charge in [0.1, 0.15) is 0 Å². The fourth-order valence-electron chi connectivity index (χ4n) is 5.44. The van der Waals surface area contributed by atoms with Crippen LogP contribution in [0, 0.1) is 5.92 Å². The Bertz CT molecular complexity index is 1530. The number of pyridine rings is 1. The Balaban J connectivity index is 1.24. The second kappa shape index (κ2) is 10.3. The Morgan fingerprint density at radius 3 is 2.28 bits per heavy atom. The Morgan fingerprint density at radius 2 is 1.67 bits per heavy atom. The molecule has 0 spiro atoms. The normalized spacial score (nSPS) is 15.4. The van der Waals surface area contributed by atoms with Crippen LogP contribution in [0.3, 0.4) is 0 Å². The van der Waals surface area contributed by atoms with Gasteiger partial charge in [-0.3, -0.25) is 9.78 Å². The Hall–Kier alpha value is -3.95. The summed E-state index contributed by atoms with van der Waals surface area (Å²) in [5.41, 5.74) is 8.33. The highest BCUT2D eigenvalue weighted by molar-refractivity contribution is 6.30. The van der Waals surface area contributed by atoms with Gasteiger partial charge in [-0.15, -0.1) is 0 Å². The van der Waals surface area contributed by atoms with Gasteiger partial charge in [-0.05, 0) is 96.3 Å². The molecule has 4 aromatic rings. The maximum absolute atomic E-state index is 12.2. The molecule has 0 bridgehead atoms. The standard InChI is InChI=1S/C35H31ClN2O/c1-24(34-17-15-32(21-37-34)38(22-26-8-9-26)31-13-11-30(36)12-14-31)27-10-16-33(28(20-27)23-39)25(2)35(18-19-35)29-6-4-3-5-7-29/h3-7,10-17,20-21,23,26H,1-2,8-9,18-19,22H2. The van der Waals surface area contributed by atoms with E-state index in [4.69, 9.17) is 16.6 Å². The third kappa shape index (κ3) is 5.07. The number of halogens is 1. The van der Waals surface area contributed by atoms with Crippen molar-refractivity contribution in [3.05, 3.63) is 137 Å². The quantitative estimate of drug-likeness (QED) is 0.192. The zero-order valence-electron chi connectivity index (χ0n) is 21.9.